The Morgan fingerprint density at radius 3 is 2.31 bits per heavy atom. The fourth-order valence-electron chi connectivity index (χ4n) is 4.63. The van der Waals surface area contributed by atoms with E-state index in [4.69, 9.17) is 9.47 Å². The second-order valence-corrected chi connectivity index (χ2v) is 10.8. The summed E-state index contributed by atoms with van der Waals surface area (Å²) >= 11 is 0. The molecule has 2 N–H and O–H groups in total. The van der Waals surface area contributed by atoms with E-state index in [-0.39, 0.29) is 13.0 Å². The number of carbonyl (C=O) groups excluding carboxylic acids is 2. The minimum atomic E-state index is -4.25. The van der Waals surface area contributed by atoms with Crippen molar-refractivity contribution in [2.75, 3.05) is 37.0 Å². The standard InChI is InChI=1S/C28H32N4O6S/c1-19-16-24(38-4)18-21-14-15-32(26(19)21)39(35,36)30-28(34)29-25(17-20-8-6-5-7-9-20)27(33)31(2)22-10-12-23(37-3)13-11-22/h5-13,16,18,25H,14-15,17H2,1-4H3,(H2,29,30,34). The summed E-state index contributed by atoms with van der Waals surface area (Å²) in [5.41, 5.74) is 3.45. The molecule has 4 rings (SSSR count). The van der Waals surface area contributed by atoms with Crippen LogP contribution in [0.4, 0.5) is 16.2 Å². The zero-order valence-corrected chi connectivity index (χ0v) is 23.1. The highest BCUT2D eigenvalue weighted by molar-refractivity contribution is 7.91. The number of methoxy groups -OCH3 is 2. The third kappa shape index (κ3) is 6.26. The molecule has 1 aliphatic heterocycles. The Labute approximate surface area is 228 Å². The minimum absolute atomic E-state index is 0.166. The number of urea groups is 1. The Balaban J connectivity index is 1.53. The van der Waals surface area contributed by atoms with Gasteiger partial charge in [0.05, 0.1) is 19.9 Å². The molecule has 11 heteroatoms. The van der Waals surface area contributed by atoms with Gasteiger partial charge in [-0.05, 0) is 66.4 Å². The molecule has 39 heavy (non-hydrogen) atoms. The fraction of sp³-hybridized carbons (Fsp3) is 0.286. The van der Waals surface area contributed by atoms with Gasteiger partial charge in [0.2, 0.25) is 5.91 Å². The molecule has 0 fully saturated rings. The number of nitrogens with zero attached hydrogens (tertiary/aromatic N) is 2. The molecule has 3 aromatic carbocycles. The zero-order chi connectivity index (χ0) is 28.2. The second-order valence-electron chi connectivity index (χ2n) is 9.19. The Bertz CT molecular complexity index is 1440. The van der Waals surface area contributed by atoms with Crippen LogP contribution in [-0.2, 0) is 27.8 Å². The average Bonchev–Trinajstić information content (AvgIpc) is 3.38. The van der Waals surface area contributed by atoms with Crippen molar-refractivity contribution in [3.05, 3.63) is 83.4 Å². The number of amides is 3. The van der Waals surface area contributed by atoms with Crippen LogP contribution in [0.15, 0.2) is 66.7 Å². The van der Waals surface area contributed by atoms with Crippen molar-refractivity contribution in [2.24, 2.45) is 0 Å². The number of aryl methyl sites for hydroxylation is 1. The molecule has 0 radical (unpaired) electrons. The maximum Gasteiger partial charge on any atom is 0.330 e. The summed E-state index contributed by atoms with van der Waals surface area (Å²) in [5.74, 6) is 0.866. The average molecular weight is 553 g/mol. The smallest absolute Gasteiger partial charge is 0.330 e. The van der Waals surface area contributed by atoms with Crippen LogP contribution in [0.2, 0.25) is 0 Å². The van der Waals surface area contributed by atoms with Gasteiger partial charge in [-0.25, -0.2) is 9.52 Å². The number of ether oxygens (including phenoxy) is 2. The lowest BCUT2D eigenvalue weighted by Gasteiger charge is -2.26. The van der Waals surface area contributed by atoms with Crippen LogP contribution < -0.4 is 28.7 Å². The Hall–Kier alpha value is -4.25. The van der Waals surface area contributed by atoms with Gasteiger partial charge in [-0.15, -0.1) is 0 Å². The van der Waals surface area contributed by atoms with Crippen molar-refractivity contribution >= 4 is 33.5 Å². The number of carbonyl (C=O) groups is 2. The van der Waals surface area contributed by atoms with E-state index in [0.717, 1.165) is 11.1 Å². The third-order valence-electron chi connectivity index (χ3n) is 6.61. The summed E-state index contributed by atoms with van der Waals surface area (Å²) in [6.07, 6.45) is 0.650. The summed E-state index contributed by atoms with van der Waals surface area (Å²) in [7, 11) is 0.449. The van der Waals surface area contributed by atoms with Gasteiger partial charge in [0.1, 0.15) is 17.5 Å². The van der Waals surface area contributed by atoms with E-state index in [1.807, 2.05) is 30.3 Å². The van der Waals surface area contributed by atoms with Gasteiger partial charge in [0, 0.05) is 25.7 Å². The van der Waals surface area contributed by atoms with Crippen LogP contribution >= 0.6 is 0 Å². The molecule has 0 spiro atoms. The maximum absolute atomic E-state index is 13.5. The van der Waals surface area contributed by atoms with E-state index in [2.05, 4.69) is 10.0 Å². The minimum Gasteiger partial charge on any atom is -0.497 e. The van der Waals surface area contributed by atoms with Gasteiger partial charge in [0.25, 0.3) is 0 Å². The van der Waals surface area contributed by atoms with Crippen molar-refractivity contribution in [1.82, 2.24) is 10.0 Å². The number of anilines is 2. The highest BCUT2D eigenvalue weighted by Gasteiger charge is 2.34. The second kappa shape index (κ2) is 11.6. The van der Waals surface area contributed by atoms with Crippen LogP contribution in [0.3, 0.4) is 0 Å². The molecule has 0 aliphatic carbocycles. The van der Waals surface area contributed by atoms with Crippen molar-refractivity contribution < 1.29 is 27.5 Å². The molecule has 0 saturated heterocycles. The van der Waals surface area contributed by atoms with Gasteiger partial charge in [-0.2, -0.15) is 8.42 Å². The summed E-state index contributed by atoms with van der Waals surface area (Å²) in [4.78, 5) is 27.9. The molecule has 0 aromatic heterocycles. The molecular weight excluding hydrogens is 520 g/mol. The van der Waals surface area contributed by atoms with Crippen molar-refractivity contribution in [2.45, 2.75) is 25.8 Å². The Kier molecular flexibility index (Phi) is 8.29. The SMILES string of the molecule is COc1ccc(N(C)C(=O)C(Cc2ccccc2)NC(=O)NS(=O)(=O)N2CCc3cc(OC)cc(C)c32)cc1. The summed E-state index contributed by atoms with van der Waals surface area (Å²) in [6.45, 7) is 1.97. The number of hydrogen-bond donors (Lipinski definition) is 2. The van der Waals surface area contributed by atoms with E-state index >= 15 is 0 Å². The molecule has 0 saturated carbocycles. The van der Waals surface area contributed by atoms with Gasteiger partial charge < -0.3 is 19.7 Å². The zero-order valence-electron chi connectivity index (χ0n) is 22.3. The van der Waals surface area contributed by atoms with Crippen LogP contribution in [0.25, 0.3) is 0 Å². The van der Waals surface area contributed by atoms with Crippen molar-refractivity contribution in [3.63, 3.8) is 0 Å². The lowest BCUT2D eigenvalue weighted by atomic mass is 10.0. The number of rotatable bonds is 9. The first kappa shape index (κ1) is 27.8. The Morgan fingerprint density at radius 2 is 1.67 bits per heavy atom. The van der Waals surface area contributed by atoms with Crippen molar-refractivity contribution in [3.8, 4) is 11.5 Å². The molecule has 1 atom stereocenters. The third-order valence-corrected chi connectivity index (χ3v) is 8.00. The van der Waals surface area contributed by atoms with Crippen molar-refractivity contribution in [1.29, 1.82) is 0 Å². The molecule has 1 unspecified atom stereocenters. The molecule has 3 amide bonds. The van der Waals surface area contributed by atoms with E-state index < -0.39 is 28.2 Å². The van der Waals surface area contributed by atoms with E-state index in [0.29, 0.717) is 34.9 Å². The predicted molar refractivity (Wildman–Crippen MR) is 150 cm³/mol. The van der Waals surface area contributed by atoms with Gasteiger partial charge in [-0.1, -0.05) is 30.3 Å². The molecule has 1 heterocycles. The van der Waals surface area contributed by atoms with Gasteiger partial charge in [-0.3, -0.25) is 9.10 Å². The van der Waals surface area contributed by atoms with Crippen LogP contribution in [0.5, 0.6) is 11.5 Å². The maximum atomic E-state index is 13.5. The number of hydrogen-bond acceptors (Lipinski definition) is 6. The van der Waals surface area contributed by atoms with Crippen LogP contribution in [0.1, 0.15) is 16.7 Å². The topological polar surface area (TPSA) is 117 Å². The molecule has 206 valence electrons. The molecule has 3 aromatic rings. The number of fused-ring (bicyclic) bond motifs is 1. The molecule has 1 aliphatic rings. The number of likely N-dealkylation sites (N-methyl/N-ethyl adjacent to an activating group) is 1. The monoisotopic (exact) mass is 552 g/mol. The summed E-state index contributed by atoms with van der Waals surface area (Å²) in [5, 5.41) is 2.58. The van der Waals surface area contributed by atoms with E-state index in [1.165, 1.54) is 9.21 Å². The number of nitrogens with one attached hydrogen (secondary N) is 2. The highest BCUT2D eigenvalue weighted by Crippen LogP contribution is 2.36. The normalized spacial score (nSPS) is 13.3. The molecule has 10 nitrogen and oxygen atoms in total. The van der Waals surface area contributed by atoms with Gasteiger partial charge in [0.15, 0.2) is 0 Å². The summed E-state index contributed by atoms with van der Waals surface area (Å²) < 4.78 is 40.2. The van der Waals surface area contributed by atoms with Crippen LogP contribution in [-0.4, -0.2) is 54.2 Å². The quantitative estimate of drug-likeness (QED) is 0.421. The molecule has 0 bridgehead atoms. The Morgan fingerprint density at radius 1 is 1.00 bits per heavy atom. The fourth-order valence-corrected chi connectivity index (χ4v) is 5.87. The number of benzene rings is 3. The highest BCUT2D eigenvalue weighted by atomic mass is 32.2. The first-order valence-electron chi connectivity index (χ1n) is 12.4. The first-order chi connectivity index (χ1) is 18.6. The van der Waals surface area contributed by atoms with E-state index in [1.54, 1.807) is 64.6 Å². The van der Waals surface area contributed by atoms with E-state index in [9.17, 15) is 18.0 Å². The van der Waals surface area contributed by atoms with Crippen LogP contribution in [0, 0.1) is 6.92 Å². The predicted octanol–water partition coefficient (Wildman–Crippen LogP) is 3.19. The summed E-state index contributed by atoms with van der Waals surface area (Å²) in [6, 6.07) is 17.6. The largest absolute Gasteiger partial charge is 0.497 e. The lowest BCUT2D eigenvalue weighted by molar-refractivity contribution is -0.120. The lowest BCUT2D eigenvalue weighted by Crippen LogP contribution is -2.54. The molecular formula is C28H32N4O6S. The first-order valence-corrected chi connectivity index (χ1v) is 13.8. The van der Waals surface area contributed by atoms with Gasteiger partial charge >= 0.3 is 16.2 Å².